The molecule has 0 aliphatic carbocycles. The predicted molar refractivity (Wildman–Crippen MR) is 87.5 cm³/mol. The summed E-state index contributed by atoms with van der Waals surface area (Å²) in [7, 11) is -3.71. The summed E-state index contributed by atoms with van der Waals surface area (Å²) in [5, 5.41) is 2.41. The number of anilines is 1. The first-order valence-electron chi connectivity index (χ1n) is 7.34. The lowest BCUT2D eigenvalue weighted by Gasteiger charge is -2.32. The van der Waals surface area contributed by atoms with Crippen molar-refractivity contribution < 1.29 is 22.0 Å². The van der Waals surface area contributed by atoms with Crippen molar-refractivity contribution in [2.75, 3.05) is 11.1 Å². The van der Waals surface area contributed by atoms with Gasteiger partial charge in [-0.2, -0.15) is 0 Å². The Morgan fingerprint density at radius 3 is 2.58 bits per heavy atom. The van der Waals surface area contributed by atoms with Gasteiger partial charge in [-0.05, 0) is 19.9 Å². The number of amides is 1. The minimum absolute atomic E-state index is 0.0340. The Morgan fingerprint density at radius 1 is 1.42 bits per heavy atom. The summed E-state index contributed by atoms with van der Waals surface area (Å²) in [6.45, 7) is 4.43. The highest BCUT2D eigenvalue weighted by Gasteiger charge is 2.44. The van der Waals surface area contributed by atoms with E-state index in [1.165, 1.54) is 19.9 Å². The molecule has 0 radical (unpaired) electrons. The van der Waals surface area contributed by atoms with Crippen molar-refractivity contribution in [2.45, 2.75) is 38.0 Å². The van der Waals surface area contributed by atoms with Gasteiger partial charge in [0.2, 0.25) is 5.91 Å². The van der Waals surface area contributed by atoms with Gasteiger partial charge in [-0.1, -0.05) is 6.92 Å². The number of nitrogens with zero attached hydrogens (tertiary/aromatic N) is 1. The zero-order valence-electron chi connectivity index (χ0n) is 13.6. The maximum atomic E-state index is 14.2. The van der Waals surface area contributed by atoms with Crippen molar-refractivity contribution in [1.29, 1.82) is 0 Å². The van der Waals surface area contributed by atoms with Gasteiger partial charge in [0.15, 0.2) is 21.5 Å². The van der Waals surface area contributed by atoms with Gasteiger partial charge in [-0.25, -0.2) is 17.2 Å². The number of hydrogen-bond acceptors (Lipinski definition) is 5. The second-order valence-corrected chi connectivity index (χ2v) is 8.67. The van der Waals surface area contributed by atoms with Crippen molar-refractivity contribution in [3.05, 3.63) is 29.3 Å². The Morgan fingerprint density at radius 2 is 2.04 bits per heavy atom. The minimum atomic E-state index is -3.71. The topological polar surface area (TPSA) is 102 Å². The summed E-state index contributed by atoms with van der Waals surface area (Å²) in [6.07, 6.45) is 0.158. The van der Waals surface area contributed by atoms with Crippen LogP contribution in [-0.2, 0) is 14.6 Å². The molecule has 9 heteroatoms. The molecule has 0 saturated carbocycles. The average Bonchev–Trinajstić information content (AvgIpc) is 2.48. The number of amidine groups is 1. The molecule has 1 aliphatic heterocycles. The molecule has 1 aromatic carbocycles. The molecule has 1 aliphatic rings. The highest BCUT2D eigenvalue weighted by Crippen LogP contribution is 2.34. The maximum absolute atomic E-state index is 14.2. The molecule has 0 spiro atoms. The number of aliphatic imine (C=N–C) groups is 1. The Balaban J connectivity index is 2.53. The quantitative estimate of drug-likeness (QED) is 0.861. The molecule has 1 aromatic rings. The Bertz CT molecular complexity index is 819. The maximum Gasteiger partial charge on any atom is 0.224 e. The Labute approximate surface area is 139 Å². The zero-order chi connectivity index (χ0) is 18.3. The van der Waals surface area contributed by atoms with Crippen molar-refractivity contribution in [3.63, 3.8) is 0 Å². The van der Waals surface area contributed by atoms with Crippen LogP contribution in [0.3, 0.4) is 0 Å². The molecular weight excluding hydrogens is 340 g/mol. The first-order chi connectivity index (χ1) is 11.0. The molecule has 0 aromatic heterocycles. The minimum Gasteiger partial charge on any atom is -0.386 e. The molecule has 0 bridgehead atoms. The van der Waals surface area contributed by atoms with E-state index in [-0.39, 0.29) is 29.4 Å². The van der Waals surface area contributed by atoms with Gasteiger partial charge in [0.05, 0.1) is 11.8 Å². The second-order valence-electron chi connectivity index (χ2n) is 6.08. The summed E-state index contributed by atoms with van der Waals surface area (Å²) in [4.78, 5) is 15.5. The molecule has 1 amide bonds. The van der Waals surface area contributed by atoms with Crippen molar-refractivity contribution >= 4 is 27.3 Å². The monoisotopic (exact) mass is 359 g/mol. The Kier molecular flexibility index (Phi) is 4.67. The predicted octanol–water partition coefficient (Wildman–Crippen LogP) is 1.92. The van der Waals surface area contributed by atoms with Gasteiger partial charge in [-0.3, -0.25) is 9.79 Å². The normalized spacial score (nSPS) is 21.9. The third-order valence-electron chi connectivity index (χ3n) is 4.09. The lowest BCUT2D eigenvalue weighted by molar-refractivity contribution is -0.115. The molecule has 2 rings (SSSR count). The number of halogens is 2. The smallest absolute Gasteiger partial charge is 0.224 e. The van der Waals surface area contributed by atoms with Gasteiger partial charge in [0.1, 0.15) is 10.6 Å². The standard InChI is InChI=1S/C15H19F2N3O3S/c1-4-12(21)19-8-5-9(13(17)10(16)6-8)11-7-24(22,23)15(2,3)14(18)20-11/h5-6,11H,4,7H2,1-3H3,(H2,18,20)(H,19,21)/t11-/m0/s1. The fraction of sp³-hybridized carbons (Fsp3) is 0.467. The molecule has 0 saturated heterocycles. The largest absolute Gasteiger partial charge is 0.386 e. The number of hydrogen-bond donors (Lipinski definition) is 2. The van der Waals surface area contributed by atoms with Crippen molar-refractivity contribution in [2.24, 2.45) is 10.7 Å². The molecule has 132 valence electrons. The van der Waals surface area contributed by atoms with E-state index in [0.29, 0.717) is 0 Å². The van der Waals surface area contributed by atoms with Gasteiger partial charge in [-0.15, -0.1) is 0 Å². The summed E-state index contributed by atoms with van der Waals surface area (Å²) in [6, 6.07) is 0.845. The van der Waals surface area contributed by atoms with E-state index in [1.54, 1.807) is 6.92 Å². The molecule has 0 unspecified atom stereocenters. The van der Waals surface area contributed by atoms with E-state index in [2.05, 4.69) is 10.3 Å². The van der Waals surface area contributed by atoms with Crippen LogP contribution in [0.5, 0.6) is 0 Å². The van der Waals surface area contributed by atoms with Gasteiger partial charge >= 0.3 is 0 Å². The summed E-state index contributed by atoms with van der Waals surface area (Å²) < 4.78 is 51.3. The molecule has 1 atom stereocenters. The van der Waals surface area contributed by atoms with E-state index in [1.807, 2.05) is 0 Å². The summed E-state index contributed by atoms with van der Waals surface area (Å²) >= 11 is 0. The highest BCUT2D eigenvalue weighted by molar-refractivity contribution is 7.93. The van der Waals surface area contributed by atoms with Gasteiger partial charge < -0.3 is 11.1 Å². The number of benzene rings is 1. The Hall–Kier alpha value is -2.03. The SMILES string of the molecule is CCC(=O)Nc1cc(F)c(F)c([C@@H]2CS(=O)(=O)C(C)(C)C(N)=N2)c1. The van der Waals surface area contributed by atoms with Gasteiger partial charge in [0.25, 0.3) is 0 Å². The second kappa shape index (κ2) is 6.12. The lowest BCUT2D eigenvalue weighted by Crippen LogP contribution is -2.50. The van der Waals surface area contributed by atoms with Crippen LogP contribution in [0.1, 0.15) is 38.8 Å². The average molecular weight is 359 g/mol. The molecule has 24 heavy (non-hydrogen) atoms. The number of carbonyl (C=O) groups is 1. The third kappa shape index (κ3) is 3.12. The van der Waals surface area contributed by atoms with Crippen molar-refractivity contribution in [3.8, 4) is 0 Å². The number of carbonyl (C=O) groups excluding carboxylic acids is 1. The van der Waals surface area contributed by atoms with E-state index in [0.717, 1.165) is 6.07 Å². The van der Waals surface area contributed by atoms with E-state index in [4.69, 9.17) is 5.73 Å². The van der Waals surface area contributed by atoms with Crippen LogP contribution in [0.2, 0.25) is 0 Å². The van der Waals surface area contributed by atoms with E-state index >= 15 is 0 Å². The summed E-state index contributed by atoms with van der Waals surface area (Å²) in [5.41, 5.74) is 5.50. The van der Waals surface area contributed by atoms with Crippen molar-refractivity contribution in [1.82, 2.24) is 0 Å². The first kappa shape index (κ1) is 18.3. The summed E-state index contributed by atoms with van der Waals surface area (Å²) in [5.74, 6) is -3.45. The number of rotatable bonds is 3. The van der Waals surface area contributed by atoms with Crippen LogP contribution < -0.4 is 11.1 Å². The van der Waals surface area contributed by atoms with Crippen LogP contribution in [0.4, 0.5) is 14.5 Å². The fourth-order valence-corrected chi connectivity index (χ4v) is 3.73. The number of nitrogens with two attached hydrogens (primary N) is 1. The first-order valence-corrected chi connectivity index (χ1v) is 8.99. The van der Waals surface area contributed by atoms with Gasteiger partial charge in [0, 0.05) is 23.7 Å². The highest BCUT2D eigenvalue weighted by atomic mass is 32.2. The van der Waals surface area contributed by atoms with Crippen LogP contribution in [-0.4, -0.2) is 30.7 Å². The molecule has 1 heterocycles. The molecule has 3 N–H and O–H groups in total. The van der Waals surface area contributed by atoms with Crippen LogP contribution in [0, 0.1) is 11.6 Å². The van der Waals surface area contributed by atoms with Crippen LogP contribution >= 0.6 is 0 Å². The van der Waals surface area contributed by atoms with E-state index < -0.39 is 38.0 Å². The zero-order valence-corrected chi connectivity index (χ0v) is 14.4. The number of nitrogens with one attached hydrogen (secondary N) is 1. The van der Waals surface area contributed by atoms with Crippen LogP contribution in [0.15, 0.2) is 17.1 Å². The molecule has 6 nitrogen and oxygen atoms in total. The lowest BCUT2D eigenvalue weighted by atomic mass is 10.1. The molecular formula is C15H19F2N3O3S. The number of sulfone groups is 1. The van der Waals surface area contributed by atoms with E-state index in [9.17, 15) is 22.0 Å². The fourth-order valence-electron chi connectivity index (χ4n) is 2.27. The third-order valence-corrected chi connectivity index (χ3v) is 6.61. The van der Waals surface area contributed by atoms with Crippen LogP contribution in [0.25, 0.3) is 0 Å². The molecule has 0 fully saturated rings.